The zero-order chi connectivity index (χ0) is 11.3. The van der Waals surface area contributed by atoms with E-state index in [0.29, 0.717) is 0 Å². The van der Waals surface area contributed by atoms with Gasteiger partial charge in [0.15, 0.2) is 6.10 Å². The SMILES string of the molecule is COC(=O)[C@@H](OC)[C@H](N)c1ccccc1. The van der Waals surface area contributed by atoms with Gasteiger partial charge in [-0.2, -0.15) is 0 Å². The van der Waals surface area contributed by atoms with Gasteiger partial charge >= 0.3 is 5.97 Å². The molecule has 0 radical (unpaired) electrons. The molecule has 2 atom stereocenters. The first kappa shape index (κ1) is 11.7. The molecule has 0 aliphatic rings. The second kappa shape index (κ2) is 5.48. The van der Waals surface area contributed by atoms with Crippen LogP contribution in [0.4, 0.5) is 0 Å². The Morgan fingerprint density at radius 1 is 1.27 bits per heavy atom. The molecule has 82 valence electrons. The molecule has 1 aromatic carbocycles. The van der Waals surface area contributed by atoms with Crippen molar-refractivity contribution in [1.82, 2.24) is 0 Å². The maximum atomic E-state index is 11.3. The molecule has 0 fully saturated rings. The third-order valence-corrected chi connectivity index (χ3v) is 2.20. The van der Waals surface area contributed by atoms with Crippen LogP contribution in [-0.2, 0) is 14.3 Å². The lowest BCUT2D eigenvalue weighted by molar-refractivity contribution is -0.153. The van der Waals surface area contributed by atoms with E-state index in [4.69, 9.17) is 10.5 Å². The van der Waals surface area contributed by atoms with E-state index in [2.05, 4.69) is 4.74 Å². The quantitative estimate of drug-likeness (QED) is 0.747. The zero-order valence-corrected chi connectivity index (χ0v) is 8.84. The smallest absolute Gasteiger partial charge is 0.336 e. The Kier molecular flexibility index (Phi) is 4.27. The van der Waals surface area contributed by atoms with Crippen LogP contribution in [0.5, 0.6) is 0 Å². The molecule has 0 heterocycles. The highest BCUT2D eigenvalue weighted by Crippen LogP contribution is 2.16. The highest BCUT2D eigenvalue weighted by molar-refractivity contribution is 5.75. The van der Waals surface area contributed by atoms with Gasteiger partial charge in [0.25, 0.3) is 0 Å². The standard InChI is InChI=1S/C11H15NO3/c1-14-10(11(13)15-2)9(12)8-6-4-3-5-7-8/h3-7,9-10H,12H2,1-2H3/t9-,10+/m1/s1. The largest absolute Gasteiger partial charge is 0.467 e. The second-order valence-corrected chi connectivity index (χ2v) is 3.12. The van der Waals surface area contributed by atoms with Gasteiger partial charge in [-0.1, -0.05) is 30.3 Å². The molecule has 0 bridgehead atoms. The van der Waals surface area contributed by atoms with Crippen LogP contribution in [-0.4, -0.2) is 26.3 Å². The zero-order valence-electron chi connectivity index (χ0n) is 8.84. The van der Waals surface area contributed by atoms with Gasteiger partial charge in [0.2, 0.25) is 0 Å². The average molecular weight is 209 g/mol. The van der Waals surface area contributed by atoms with Crippen molar-refractivity contribution in [3.63, 3.8) is 0 Å². The monoisotopic (exact) mass is 209 g/mol. The van der Waals surface area contributed by atoms with Gasteiger partial charge in [0.1, 0.15) is 0 Å². The normalized spacial score (nSPS) is 14.3. The second-order valence-electron chi connectivity index (χ2n) is 3.12. The summed E-state index contributed by atoms with van der Waals surface area (Å²) in [5.74, 6) is -0.464. The van der Waals surface area contributed by atoms with Crippen LogP contribution in [0.1, 0.15) is 11.6 Å². The number of carbonyl (C=O) groups is 1. The summed E-state index contributed by atoms with van der Waals surface area (Å²) in [6.07, 6.45) is -0.766. The first-order chi connectivity index (χ1) is 7.20. The molecule has 0 unspecified atom stereocenters. The Balaban J connectivity index is 2.82. The maximum absolute atomic E-state index is 11.3. The van der Waals surface area contributed by atoms with Crippen LogP contribution in [0.2, 0.25) is 0 Å². The Hall–Kier alpha value is -1.39. The van der Waals surface area contributed by atoms with Gasteiger partial charge in [-0.25, -0.2) is 4.79 Å². The Morgan fingerprint density at radius 2 is 1.87 bits per heavy atom. The Bertz CT molecular complexity index is 313. The third-order valence-electron chi connectivity index (χ3n) is 2.20. The van der Waals surface area contributed by atoms with Gasteiger partial charge in [0.05, 0.1) is 13.2 Å². The lowest BCUT2D eigenvalue weighted by Crippen LogP contribution is -2.36. The van der Waals surface area contributed by atoms with E-state index in [-0.39, 0.29) is 0 Å². The van der Waals surface area contributed by atoms with E-state index in [1.54, 1.807) is 0 Å². The fraction of sp³-hybridized carbons (Fsp3) is 0.364. The molecular weight excluding hydrogens is 194 g/mol. The van der Waals surface area contributed by atoms with Gasteiger partial charge in [-0.15, -0.1) is 0 Å². The third kappa shape index (κ3) is 2.78. The lowest BCUT2D eigenvalue weighted by atomic mass is 10.0. The molecule has 1 rings (SSSR count). The number of benzene rings is 1. The van der Waals surface area contributed by atoms with E-state index in [1.165, 1.54) is 14.2 Å². The number of hydrogen-bond donors (Lipinski definition) is 1. The minimum atomic E-state index is -0.766. The van der Waals surface area contributed by atoms with E-state index < -0.39 is 18.1 Å². The van der Waals surface area contributed by atoms with Crippen molar-refractivity contribution in [3.05, 3.63) is 35.9 Å². The van der Waals surface area contributed by atoms with E-state index >= 15 is 0 Å². The lowest BCUT2D eigenvalue weighted by Gasteiger charge is -2.20. The van der Waals surface area contributed by atoms with Crippen LogP contribution in [0.25, 0.3) is 0 Å². The predicted molar refractivity (Wildman–Crippen MR) is 56.2 cm³/mol. The molecule has 15 heavy (non-hydrogen) atoms. The highest BCUT2D eigenvalue weighted by Gasteiger charge is 2.27. The molecule has 4 heteroatoms. The maximum Gasteiger partial charge on any atom is 0.336 e. The highest BCUT2D eigenvalue weighted by atomic mass is 16.6. The van der Waals surface area contributed by atoms with Gasteiger partial charge in [0, 0.05) is 7.11 Å². The van der Waals surface area contributed by atoms with Crippen molar-refractivity contribution >= 4 is 5.97 Å². The Morgan fingerprint density at radius 3 is 2.33 bits per heavy atom. The molecule has 0 aliphatic carbocycles. The molecule has 0 aliphatic heterocycles. The van der Waals surface area contributed by atoms with Gasteiger partial charge in [-0.05, 0) is 5.56 Å². The predicted octanol–water partition coefficient (Wildman–Crippen LogP) is 0.874. The number of ether oxygens (including phenoxy) is 2. The van der Waals surface area contributed by atoms with Crippen LogP contribution in [0, 0.1) is 0 Å². The number of methoxy groups -OCH3 is 2. The van der Waals surface area contributed by atoms with Crippen molar-refractivity contribution in [3.8, 4) is 0 Å². The summed E-state index contributed by atoms with van der Waals surface area (Å²) in [4.78, 5) is 11.3. The summed E-state index contributed by atoms with van der Waals surface area (Å²) in [6, 6.07) is 8.79. The number of carbonyl (C=O) groups excluding carboxylic acids is 1. The van der Waals surface area contributed by atoms with Gasteiger partial charge in [-0.3, -0.25) is 0 Å². The minimum Gasteiger partial charge on any atom is -0.467 e. The number of nitrogens with two attached hydrogens (primary N) is 1. The fourth-order valence-electron chi connectivity index (χ4n) is 1.36. The fourth-order valence-corrected chi connectivity index (χ4v) is 1.36. The van der Waals surface area contributed by atoms with E-state index in [0.717, 1.165) is 5.56 Å². The van der Waals surface area contributed by atoms with Crippen LogP contribution >= 0.6 is 0 Å². The average Bonchev–Trinajstić information content (AvgIpc) is 2.30. The van der Waals surface area contributed by atoms with Crippen molar-refractivity contribution in [2.75, 3.05) is 14.2 Å². The van der Waals surface area contributed by atoms with Gasteiger partial charge < -0.3 is 15.2 Å². The molecule has 2 N–H and O–H groups in total. The molecule has 0 spiro atoms. The number of hydrogen-bond acceptors (Lipinski definition) is 4. The molecule has 4 nitrogen and oxygen atoms in total. The summed E-state index contributed by atoms with van der Waals surface area (Å²) in [5, 5.41) is 0. The molecular formula is C11H15NO3. The van der Waals surface area contributed by atoms with E-state index in [9.17, 15) is 4.79 Å². The molecule has 0 amide bonds. The van der Waals surface area contributed by atoms with Crippen LogP contribution < -0.4 is 5.73 Å². The summed E-state index contributed by atoms with van der Waals surface area (Å²) in [5.41, 5.74) is 6.74. The molecule has 0 saturated heterocycles. The minimum absolute atomic E-state index is 0.464. The topological polar surface area (TPSA) is 61.5 Å². The summed E-state index contributed by atoms with van der Waals surface area (Å²) >= 11 is 0. The first-order valence-electron chi connectivity index (χ1n) is 4.62. The molecule has 0 aromatic heterocycles. The van der Waals surface area contributed by atoms with Crippen molar-refractivity contribution in [2.45, 2.75) is 12.1 Å². The van der Waals surface area contributed by atoms with Crippen molar-refractivity contribution in [2.24, 2.45) is 5.73 Å². The first-order valence-corrected chi connectivity index (χ1v) is 4.62. The van der Waals surface area contributed by atoms with Crippen LogP contribution in [0.3, 0.4) is 0 Å². The summed E-state index contributed by atoms with van der Waals surface area (Å²) < 4.78 is 9.62. The number of esters is 1. The molecule has 1 aromatic rings. The summed E-state index contributed by atoms with van der Waals surface area (Å²) in [7, 11) is 2.75. The number of rotatable bonds is 4. The van der Waals surface area contributed by atoms with Crippen molar-refractivity contribution in [1.29, 1.82) is 0 Å². The van der Waals surface area contributed by atoms with E-state index in [1.807, 2.05) is 30.3 Å². The summed E-state index contributed by atoms with van der Waals surface area (Å²) in [6.45, 7) is 0. The Labute approximate surface area is 89.0 Å². The van der Waals surface area contributed by atoms with Crippen molar-refractivity contribution < 1.29 is 14.3 Å². The molecule has 0 saturated carbocycles. The van der Waals surface area contributed by atoms with Crippen LogP contribution in [0.15, 0.2) is 30.3 Å².